The third kappa shape index (κ3) is 2.70. The number of nitrogens with zero attached hydrogens (tertiary/aromatic N) is 4. The molecule has 0 saturated heterocycles. The topological polar surface area (TPSA) is 131 Å². The van der Waals surface area contributed by atoms with Crippen LogP contribution in [0, 0.1) is 45.3 Å². The maximum absolute atomic E-state index is 10.6. The van der Waals surface area contributed by atoms with Crippen molar-refractivity contribution in [3.63, 3.8) is 0 Å². The molecule has 7 nitrogen and oxygen atoms in total. The van der Waals surface area contributed by atoms with Crippen LogP contribution >= 0.6 is 0 Å². The Morgan fingerprint density at radius 3 is 2.00 bits per heavy atom. The summed E-state index contributed by atoms with van der Waals surface area (Å²) >= 11 is 0. The van der Waals surface area contributed by atoms with Crippen molar-refractivity contribution in [2.75, 3.05) is 6.61 Å². The molecule has 0 rings (SSSR count). The number of nitriles is 4. The fourth-order valence-corrected chi connectivity index (χ4v) is 0.389. The SMILES string of the molecule is N#CCOC(=O)OC(C#N)(C#N)C#N. The molecule has 0 fully saturated rings. The molecule has 7 heteroatoms. The number of rotatable bonds is 2. The quantitative estimate of drug-likeness (QED) is 0.558. The Hall–Kier alpha value is -2.77. The predicted molar refractivity (Wildman–Crippen MR) is 37.6 cm³/mol. The van der Waals surface area contributed by atoms with Crippen LogP contribution < -0.4 is 0 Å². The molecular weight excluding hydrogens is 188 g/mol. The average Bonchev–Trinajstić information content (AvgIpc) is 2.23. The Labute approximate surface area is 78.9 Å². The first-order chi connectivity index (χ1) is 6.64. The van der Waals surface area contributed by atoms with Gasteiger partial charge in [-0.15, -0.1) is 0 Å². The molecule has 0 amide bonds. The van der Waals surface area contributed by atoms with Crippen LogP contribution in [0.4, 0.5) is 4.79 Å². The molecule has 0 aliphatic heterocycles. The Balaban J connectivity index is 4.47. The van der Waals surface area contributed by atoms with Crippen LogP contribution in [0.25, 0.3) is 0 Å². The van der Waals surface area contributed by atoms with Crippen LogP contribution in [0.1, 0.15) is 0 Å². The summed E-state index contributed by atoms with van der Waals surface area (Å²) in [6.45, 7) is -0.586. The van der Waals surface area contributed by atoms with Crippen molar-refractivity contribution in [3.05, 3.63) is 0 Å². The summed E-state index contributed by atoms with van der Waals surface area (Å²) in [4.78, 5) is 10.6. The van der Waals surface area contributed by atoms with Gasteiger partial charge in [-0.1, -0.05) is 0 Å². The lowest BCUT2D eigenvalue weighted by atomic mass is 10.1. The number of ether oxygens (including phenoxy) is 2. The van der Waals surface area contributed by atoms with Crippen molar-refractivity contribution in [2.45, 2.75) is 5.60 Å². The van der Waals surface area contributed by atoms with Gasteiger partial charge in [-0.3, -0.25) is 0 Å². The molecule has 0 radical (unpaired) electrons. The van der Waals surface area contributed by atoms with Gasteiger partial charge >= 0.3 is 11.8 Å². The zero-order chi connectivity index (χ0) is 11.0. The minimum atomic E-state index is -2.52. The van der Waals surface area contributed by atoms with E-state index in [1.807, 2.05) is 0 Å². The summed E-state index contributed by atoms with van der Waals surface area (Å²) < 4.78 is 8.17. The van der Waals surface area contributed by atoms with E-state index in [-0.39, 0.29) is 0 Å². The Morgan fingerprint density at radius 2 is 1.64 bits per heavy atom. The van der Waals surface area contributed by atoms with Crippen LogP contribution in [-0.2, 0) is 9.47 Å². The molecule has 0 bridgehead atoms. The van der Waals surface area contributed by atoms with Gasteiger partial charge in [-0.05, 0) is 0 Å². The van der Waals surface area contributed by atoms with E-state index in [4.69, 9.17) is 21.0 Å². The summed E-state index contributed by atoms with van der Waals surface area (Å²) in [5.74, 6) is 0. The van der Waals surface area contributed by atoms with Crippen LogP contribution in [0.3, 0.4) is 0 Å². The molecule has 0 aliphatic carbocycles. The maximum Gasteiger partial charge on any atom is 0.512 e. The molecular formula is C7H2N4O3. The number of hydrogen-bond acceptors (Lipinski definition) is 7. The highest BCUT2D eigenvalue weighted by Gasteiger charge is 2.35. The van der Waals surface area contributed by atoms with Crippen LogP contribution in [0.2, 0.25) is 0 Å². The highest BCUT2D eigenvalue weighted by atomic mass is 16.7. The second-order valence-corrected chi connectivity index (χ2v) is 1.82. The monoisotopic (exact) mass is 190 g/mol. The summed E-state index contributed by atoms with van der Waals surface area (Å²) in [5.41, 5.74) is -2.52. The van der Waals surface area contributed by atoms with Crippen molar-refractivity contribution >= 4 is 6.16 Å². The first-order valence-corrected chi connectivity index (χ1v) is 3.10. The molecule has 0 unspecified atom stereocenters. The van der Waals surface area contributed by atoms with Crippen molar-refractivity contribution < 1.29 is 14.3 Å². The van der Waals surface area contributed by atoms with E-state index >= 15 is 0 Å². The van der Waals surface area contributed by atoms with Gasteiger partial charge < -0.3 is 9.47 Å². The van der Waals surface area contributed by atoms with Crippen LogP contribution in [0.5, 0.6) is 0 Å². The molecule has 0 aromatic carbocycles. The van der Waals surface area contributed by atoms with Gasteiger partial charge in [0.15, 0.2) is 6.61 Å². The maximum atomic E-state index is 10.6. The van der Waals surface area contributed by atoms with Gasteiger partial charge in [0.05, 0.1) is 0 Å². The summed E-state index contributed by atoms with van der Waals surface area (Å²) in [6.07, 6.45) is -1.42. The standard InChI is InChI=1S/C7H2N4O3/c8-1-2-13-6(12)14-7(3-9,4-10)5-11/h2H2. The van der Waals surface area contributed by atoms with E-state index in [1.54, 1.807) is 0 Å². The van der Waals surface area contributed by atoms with Gasteiger partial charge in [0.2, 0.25) is 0 Å². The number of carbonyl (C=O) groups is 1. The fraction of sp³-hybridized carbons (Fsp3) is 0.286. The van der Waals surface area contributed by atoms with Crippen molar-refractivity contribution in [1.29, 1.82) is 21.0 Å². The fourth-order valence-electron chi connectivity index (χ4n) is 0.389. The summed E-state index contributed by atoms with van der Waals surface area (Å²) in [6, 6.07) is 5.05. The third-order valence-corrected chi connectivity index (χ3v) is 0.963. The predicted octanol–water partition coefficient (Wildman–Crippen LogP) is -0.0273. The molecule has 0 aromatic heterocycles. The first kappa shape index (κ1) is 11.2. The minimum Gasteiger partial charge on any atom is -0.419 e. The smallest absolute Gasteiger partial charge is 0.419 e. The molecule has 0 saturated carbocycles. The Morgan fingerprint density at radius 1 is 1.14 bits per heavy atom. The normalized spacial score (nSPS) is 8.29. The lowest BCUT2D eigenvalue weighted by molar-refractivity contribution is 0.0413. The highest BCUT2D eigenvalue weighted by molar-refractivity contribution is 5.63. The van der Waals surface area contributed by atoms with Crippen LogP contribution in [0.15, 0.2) is 0 Å². The van der Waals surface area contributed by atoms with Gasteiger partial charge in [0.25, 0.3) is 0 Å². The lowest BCUT2D eigenvalue weighted by Crippen LogP contribution is -2.30. The van der Waals surface area contributed by atoms with E-state index in [2.05, 4.69) is 9.47 Å². The van der Waals surface area contributed by atoms with Gasteiger partial charge in [-0.2, -0.15) is 21.0 Å². The van der Waals surface area contributed by atoms with Gasteiger partial charge in [0, 0.05) is 0 Å². The van der Waals surface area contributed by atoms with Crippen molar-refractivity contribution in [1.82, 2.24) is 0 Å². The molecule has 0 aliphatic rings. The Bertz CT molecular complexity index is 353. The lowest BCUT2D eigenvalue weighted by Gasteiger charge is -2.09. The van der Waals surface area contributed by atoms with E-state index < -0.39 is 18.4 Å². The Kier molecular flexibility index (Phi) is 3.99. The molecule has 0 heterocycles. The van der Waals surface area contributed by atoms with Crippen molar-refractivity contribution in [3.8, 4) is 24.3 Å². The second-order valence-electron chi connectivity index (χ2n) is 1.82. The minimum absolute atomic E-state index is 0.586. The van der Waals surface area contributed by atoms with E-state index in [9.17, 15) is 4.79 Å². The first-order valence-electron chi connectivity index (χ1n) is 3.10. The van der Waals surface area contributed by atoms with Gasteiger partial charge in [0.1, 0.15) is 24.3 Å². The zero-order valence-electron chi connectivity index (χ0n) is 6.72. The van der Waals surface area contributed by atoms with E-state index in [1.165, 1.54) is 24.3 Å². The molecule has 0 aromatic rings. The molecule has 68 valence electrons. The van der Waals surface area contributed by atoms with E-state index in [0.29, 0.717) is 0 Å². The third-order valence-electron chi connectivity index (χ3n) is 0.963. The van der Waals surface area contributed by atoms with E-state index in [0.717, 1.165) is 0 Å². The molecule has 0 N–H and O–H groups in total. The average molecular weight is 190 g/mol. The number of hydrogen-bond donors (Lipinski definition) is 0. The van der Waals surface area contributed by atoms with Crippen LogP contribution in [-0.4, -0.2) is 18.4 Å². The molecule has 0 atom stereocenters. The summed E-state index contributed by atoms with van der Waals surface area (Å²) in [5, 5.41) is 33.1. The largest absolute Gasteiger partial charge is 0.512 e. The second kappa shape index (κ2) is 4.98. The zero-order valence-corrected chi connectivity index (χ0v) is 6.72. The van der Waals surface area contributed by atoms with Crippen molar-refractivity contribution in [2.24, 2.45) is 0 Å². The number of carbonyl (C=O) groups excluding carboxylic acids is 1. The van der Waals surface area contributed by atoms with Gasteiger partial charge in [-0.25, -0.2) is 4.79 Å². The summed E-state index contributed by atoms with van der Waals surface area (Å²) in [7, 11) is 0. The molecule has 14 heavy (non-hydrogen) atoms. The molecule has 0 spiro atoms. The highest BCUT2D eigenvalue weighted by Crippen LogP contribution is 2.08.